The van der Waals surface area contributed by atoms with Gasteiger partial charge in [0.15, 0.2) is 0 Å². The van der Waals surface area contributed by atoms with Crippen molar-refractivity contribution in [2.75, 3.05) is 0 Å². The summed E-state index contributed by atoms with van der Waals surface area (Å²) < 4.78 is 1.30. The molecule has 0 radical (unpaired) electrons. The molecular formula is C6H8N6O. The van der Waals surface area contributed by atoms with Crippen LogP contribution in [0.5, 0.6) is 0 Å². The third-order valence-corrected chi connectivity index (χ3v) is 1.39. The Morgan fingerprint density at radius 1 is 1.85 bits per heavy atom. The summed E-state index contributed by atoms with van der Waals surface area (Å²) in [7, 11) is 0. The number of carbonyl (C=O) groups is 1. The number of hydrogen-bond donors (Lipinski definition) is 2. The van der Waals surface area contributed by atoms with Crippen molar-refractivity contribution in [3.8, 4) is 6.07 Å². The second kappa shape index (κ2) is 3.64. The van der Waals surface area contributed by atoms with Crippen LogP contribution < -0.4 is 11.5 Å². The van der Waals surface area contributed by atoms with Crippen molar-refractivity contribution in [3.05, 3.63) is 12.2 Å². The van der Waals surface area contributed by atoms with Crippen molar-refractivity contribution in [2.24, 2.45) is 11.5 Å². The lowest BCUT2D eigenvalue weighted by molar-refractivity contribution is -0.119. The summed E-state index contributed by atoms with van der Waals surface area (Å²) in [5, 5.41) is 12.1. The van der Waals surface area contributed by atoms with Crippen molar-refractivity contribution in [1.82, 2.24) is 14.8 Å². The number of carbonyl (C=O) groups excluding carboxylic acids is 1. The first-order chi connectivity index (χ1) is 6.13. The summed E-state index contributed by atoms with van der Waals surface area (Å²) in [6.45, 7) is 0.129. The third-order valence-electron chi connectivity index (χ3n) is 1.39. The molecule has 0 aliphatic rings. The minimum Gasteiger partial charge on any atom is -0.368 e. The molecule has 1 aromatic rings. The smallest absolute Gasteiger partial charge is 0.252 e. The van der Waals surface area contributed by atoms with Crippen LogP contribution >= 0.6 is 0 Å². The van der Waals surface area contributed by atoms with Crippen molar-refractivity contribution in [3.63, 3.8) is 0 Å². The van der Waals surface area contributed by atoms with E-state index >= 15 is 0 Å². The fourth-order valence-corrected chi connectivity index (χ4v) is 0.725. The van der Waals surface area contributed by atoms with Crippen LogP contribution in [0.2, 0.25) is 0 Å². The van der Waals surface area contributed by atoms with E-state index in [0.29, 0.717) is 0 Å². The molecule has 1 aromatic heterocycles. The average Bonchev–Trinajstić information content (AvgIpc) is 2.52. The molecule has 4 N–H and O–H groups in total. The number of aromatic nitrogens is 3. The van der Waals surface area contributed by atoms with E-state index in [1.54, 1.807) is 6.07 Å². The monoisotopic (exact) mass is 180 g/mol. The lowest BCUT2D eigenvalue weighted by atomic mass is 10.3. The summed E-state index contributed by atoms with van der Waals surface area (Å²) in [5.41, 5.74) is 10.3. The van der Waals surface area contributed by atoms with Gasteiger partial charge in [-0.15, -0.1) is 5.10 Å². The summed E-state index contributed by atoms with van der Waals surface area (Å²) in [5.74, 6) is -0.578. The molecule has 0 aliphatic carbocycles. The Hall–Kier alpha value is -1.94. The lowest BCUT2D eigenvalue weighted by Crippen LogP contribution is -2.40. The number of rotatable bonds is 3. The fraction of sp³-hybridized carbons (Fsp3) is 0.333. The van der Waals surface area contributed by atoms with Gasteiger partial charge in [-0.3, -0.25) is 4.79 Å². The molecule has 0 saturated heterocycles. The highest BCUT2D eigenvalue weighted by atomic mass is 16.1. The van der Waals surface area contributed by atoms with Gasteiger partial charge in [0.05, 0.1) is 6.54 Å². The summed E-state index contributed by atoms with van der Waals surface area (Å²) >= 11 is 0. The van der Waals surface area contributed by atoms with E-state index in [1.807, 2.05) is 0 Å². The van der Waals surface area contributed by atoms with E-state index in [0.717, 1.165) is 0 Å². The van der Waals surface area contributed by atoms with Gasteiger partial charge in [-0.25, -0.2) is 9.67 Å². The molecule has 1 rings (SSSR count). The van der Waals surface area contributed by atoms with Crippen molar-refractivity contribution in [1.29, 1.82) is 5.26 Å². The lowest BCUT2D eigenvalue weighted by Gasteiger charge is -2.05. The van der Waals surface area contributed by atoms with Crippen LogP contribution in [0, 0.1) is 11.3 Å². The molecule has 0 aromatic carbocycles. The van der Waals surface area contributed by atoms with Crippen LogP contribution in [0.4, 0.5) is 0 Å². The summed E-state index contributed by atoms with van der Waals surface area (Å²) in [4.78, 5) is 14.2. The van der Waals surface area contributed by atoms with E-state index in [-0.39, 0.29) is 12.4 Å². The summed E-state index contributed by atoms with van der Waals surface area (Å²) in [6.07, 6.45) is 1.32. The third kappa shape index (κ3) is 2.25. The Balaban J connectivity index is 2.65. The normalized spacial score (nSPS) is 12.0. The number of nitrogens with two attached hydrogens (primary N) is 2. The van der Waals surface area contributed by atoms with Crippen LogP contribution in [0.3, 0.4) is 0 Å². The molecule has 1 amide bonds. The predicted molar refractivity (Wildman–Crippen MR) is 41.9 cm³/mol. The van der Waals surface area contributed by atoms with Crippen LogP contribution in [0.1, 0.15) is 5.82 Å². The zero-order valence-corrected chi connectivity index (χ0v) is 6.71. The van der Waals surface area contributed by atoms with Gasteiger partial charge in [-0.1, -0.05) is 0 Å². The van der Waals surface area contributed by atoms with Crippen molar-refractivity contribution < 1.29 is 4.79 Å². The molecule has 0 saturated carbocycles. The van der Waals surface area contributed by atoms with Gasteiger partial charge in [0, 0.05) is 0 Å². The number of amides is 1. The van der Waals surface area contributed by atoms with E-state index in [4.69, 9.17) is 16.7 Å². The summed E-state index contributed by atoms with van der Waals surface area (Å²) in [6, 6.07) is 0.938. The molecule has 0 spiro atoms. The highest BCUT2D eigenvalue weighted by Gasteiger charge is 2.10. The highest BCUT2D eigenvalue weighted by Crippen LogP contribution is 1.89. The molecule has 7 heteroatoms. The minimum absolute atomic E-state index is 0.0386. The molecule has 1 unspecified atom stereocenters. The maximum absolute atomic E-state index is 10.6. The molecule has 68 valence electrons. The van der Waals surface area contributed by atoms with Gasteiger partial charge < -0.3 is 11.5 Å². The molecule has 0 bridgehead atoms. The standard InChI is InChI=1S/C6H8N6O/c7-1-5-10-3-12(11-5)2-4(8)6(9)13/h3-4H,2,8H2,(H2,9,13). The number of nitrogens with zero attached hydrogens (tertiary/aromatic N) is 4. The first-order valence-corrected chi connectivity index (χ1v) is 3.48. The molecular weight excluding hydrogens is 172 g/mol. The van der Waals surface area contributed by atoms with Crippen LogP contribution in [-0.4, -0.2) is 26.7 Å². The zero-order valence-electron chi connectivity index (χ0n) is 6.71. The van der Waals surface area contributed by atoms with Gasteiger partial charge >= 0.3 is 0 Å². The number of nitriles is 1. The predicted octanol–water partition coefficient (Wildman–Crippen LogP) is -2.04. The number of primary amides is 1. The second-order valence-electron chi connectivity index (χ2n) is 2.41. The van der Waals surface area contributed by atoms with Gasteiger partial charge in [0.25, 0.3) is 5.82 Å². The molecule has 7 nitrogen and oxygen atoms in total. The topological polar surface area (TPSA) is 124 Å². The van der Waals surface area contributed by atoms with Crippen molar-refractivity contribution >= 4 is 5.91 Å². The van der Waals surface area contributed by atoms with Gasteiger partial charge in [0.1, 0.15) is 18.4 Å². The Kier molecular flexibility index (Phi) is 2.56. The van der Waals surface area contributed by atoms with Gasteiger partial charge in [-0.05, 0) is 0 Å². The maximum atomic E-state index is 10.6. The van der Waals surface area contributed by atoms with Crippen LogP contribution in [-0.2, 0) is 11.3 Å². The maximum Gasteiger partial charge on any atom is 0.252 e. The van der Waals surface area contributed by atoms with E-state index in [9.17, 15) is 4.79 Å². The zero-order chi connectivity index (χ0) is 9.84. The van der Waals surface area contributed by atoms with E-state index < -0.39 is 11.9 Å². The molecule has 13 heavy (non-hydrogen) atoms. The SMILES string of the molecule is N#Cc1ncn(CC(N)C(N)=O)n1. The Bertz CT molecular complexity index is 350. The Labute approximate surface area is 74.0 Å². The van der Waals surface area contributed by atoms with E-state index in [1.165, 1.54) is 11.0 Å². The fourth-order valence-electron chi connectivity index (χ4n) is 0.725. The Morgan fingerprint density at radius 2 is 2.54 bits per heavy atom. The van der Waals surface area contributed by atoms with Crippen LogP contribution in [0.15, 0.2) is 6.33 Å². The highest BCUT2D eigenvalue weighted by molar-refractivity contribution is 5.79. The first kappa shape index (κ1) is 9.15. The average molecular weight is 180 g/mol. The number of hydrogen-bond acceptors (Lipinski definition) is 5. The molecule has 0 aliphatic heterocycles. The quantitative estimate of drug-likeness (QED) is 0.554. The largest absolute Gasteiger partial charge is 0.368 e. The second-order valence-corrected chi connectivity index (χ2v) is 2.41. The molecule has 1 heterocycles. The molecule has 1 atom stereocenters. The van der Waals surface area contributed by atoms with Crippen molar-refractivity contribution in [2.45, 2.75) is 12.6 Å². The van der Waals surface area contributed by atoms with E-state index in [2.05, 4.69) is 10.1 Å². The minimum atomic E-state index is -0.812. The van der Waals surface area contributed by atoms with Gasteiger partial charge in [-0.2, -0.15) is 5.26 Å². The first-order valence-electron chi connectivity index (χ1n) is 3.48. The van der Waals surface area contributed by atoms with Gasteiger partial charge in [0.2, 0.25) is 5.91 Å². The molecule has 0 fully saturated rings. The van der Waals surface area contributed by atoms with Crippen LogP contribution in [0.25, 0.3) is 0 Å². The Morgan fingerprint density at radius 3 is 3.00 bits per heavy atom.